The Bertz CT molecular complexity index is 139. The fourth-order valence-electron chi connectivity index (χ4n) is 0.355. The van der Waals surface area contributed by atoms with Crippen molar-refractivity contribution in [3.8, 4) is 0 Å². The number of esters is 1. The Morgan fingerprint density at radius 2 is 1.91 bits per heavy atom. The Balaban J connectivity index is 3.88. The van der Waals surface area contributed by atoms with E-state index in [0.29, 0.717) is 0 Å². The third-order valence-electron chi connectivity index (χ3n) is 1.08. The molecule has 0 fully saturated rings. The minimum atomic E-state index is -0.679. The Hall–Kier alpha value is -0.610. The lowest BCUT2D eigenvalue weighted by atomic mass is 9.97. The van der Waals surface area contributed by atoms with Crippen molar-refractivity contribution in [2.24, 2.45) is 11.3 Å². The summed E-state index contributed by atoms with van der Waals surface area (Å²) in [6.07, 6.45) is -0.679. The largest absolute Gasteiger partial charge is 0.434 e. The molecule has 4 heteroatoms. The van der Waals surface area contributed by atoms with E-state index >= 15 is 0 Å². The van der Waals surface area contributed by atoms with E-state index in [1.54, 1.807) is 27.7 Å². The molecule has 0 aromatic heterocycles. The summed E-state index contributed by atoms with van der Waals surface area (Å²) in [5.41, 5.74) is -0.507. The molecular weight excluding hydrogens is 146 g/mol. The number of carbonyl (C=O) groups is 1. The first-order valence-electron chi connectivity index (χ1n) is 3.44. The van der Waals surface area contributed by atoms with E-state index in [2.05, 4.69) is 4.84 Å². The summed E-state index contributed by atoms with van der Waals surface area (Å²) in [4.78, 5) is 15.3. The number of hydrogen-bond acceptors (Lipinski definition) is 4. The van der Waals surface area contributed by atoms with Gasteiger partial charge in [-0.2, -0.15) is 0 Å². The molecule has 2 N–H and O–H groups in total. The maximum Gasteiger partial charge on any atom is 0.313 e. The molecule has 0 aliphatic heterocycles. The lowest BCUT2D eigenvalue weighted by molar-refractivity contribution is -0.184. The monoisotopic (exact) mass is 161 g/mol. The molecule has 0 amide bonds. The van der Waals surface area contributed by atoms with Crippen molar-refractivity contribution < 1.29 is 14.4 Å². The molecule has 0 saturated heterocycles. The number of nitrogens with two attached hydrogens (primary N) is 1. The van der Waals surface area contributed by atoms with E-state index in [4.69, 9.17) is 10.6 Å². The predicted octanol–water partition coefficient (Wildman–Crippen LogP) is 0.812. The van der Waals surface area contributed by atoms with Gasteiger partial charge in [0.1, 0.15) is 0 Å². The highest BCUT2D eigenvalue weighted by molar-refractivity contribution is 5.75. The minimum absolute atomic E-state index is 0.324. The van der Waals surface area contributed by atoms with Crippen LogP contribution < -0.4 is 5.90 Å². The second-order valence-corrected chi connectivity index (χ2v) is 3.36. The van der Waals surface area contributed by atoms with Gasteiger partial charge in [0, 0.05) is 0 Å². The zero-order chi connectivity index (χ0) is 9.07. The number of hydrogen-bond donors (Lipinski definition) is 1. The van der Waals surface area contributed by atoms with Crippen LogP contribution in [0.15, 0.2) is 0 Å². The molecule has 66 valence electrons. The molecule has 1 unspecified atom stereocenters. The summed E-state index contributed by atoms with van der Waals surface area (Å²) in [6, 6.07) is 0. The van der Waals surface area contributed by atoms with Crippen LogP contribution in [0.1, 0.15) is 27.7 Å². The van der Waals surface area contributed by atoms with Crippen LogP contribution in [0, 0.1) is 5.41 Å². The van der Waals surface area contributed by atoms with Gasteiger partial charge in [-0.25, -0.2) is 5.90 Å². The first-order chi connectivity index (χ1) is 4.88. The Kier molecular flexibility index (Phi) is 3.48. The zero-order valence-corrected chi connectivity index (χ0v) is 7.38. The summed E-state index contributed by atoms with van der Waals surface area (Å²) in [5.74, 6) is 4.46. The average molecular weight is 161 g/mol. The van der Waals surface area contributed by atoms with Crippen LogP contribution in [0.3, 0.4) is 0 Å². The van der Waals surface area contributed by atoms with E-state index in [-0.39, 0.29) is 5.97 Å². The van der Waals surface area contributed by atoms with Crippen molar-refractivity contribution in [1.29, 1.82) is 0 Å². The Morgan fingerprint density at radius 3 is 2.18 bits per heavy atom. The lowest BCUT2D eigenvalue weighted by Gasteiger charge is -2.19. The van der Waals surface area contributed by atoms with Crippen molar-refractivity contribution in [1.82, 2.24) is 0 Å². The van der Waals surface area contributed by atoms with Gasteiger partial charge in [-0.1, -0.05) is 0 Å². The van der Waals surface area contributed by atoms with Gasteiger partial charge < -0.3 is 4.74 Å². The van der Waals surface area contributed by atoms with E-state index in [1.807, 2.05) is 0 Å². The van der Waals surface area contributed by atoms with Crippen LogP contribution in [0.25, 0.3) is 0 Å². The van der Waals surface area contributed by atoms with Crippen molar-refractivity contribution in [3.63, 3.8) is 0 Å². The van der Waals surface area contributed by atoms with Crippen molar-refractivity contribution in [2.45, 2.75) is 34.0 Å². The van der Waals surface area contributed by atoms with Gasteiger partial charge in [0.15, 0.2) is 0 Å². The van der Waals surface area contributed by atoms with Crippen LogP contribution in [0.4, 0.5) is 0 Å². The van der Waals surface area contributed by atoms with Crippen molar-refractivity contribution >= 4 is 5.97 Å². The van der Waals surface area contributed by atoms with E-state index in [1.165, 1.54) is 0 Å². The van der Waals surface area contributed by atoms with Crippen LogP contribution in [0.5, 0.6) is 0 Å². The van der Waals surface area contributed by atoms with Crippen LogP contribution in [-0.2, 0) is 14.4 Å². The van der Waals surface area contributed by atoms with Gasteiger partial charge in [-0.15, -0.1) is 0 Å². The first-order valence-corrected chi connectivity index (χ1v) is 3.44. The summed E-state index contributed by atoms with van der Waals surface area (Å²) >= 11 is 0. The van der Waals surface area contributed by atoms with Crippen LogP contribution in [-0.4, -0.2) is 12.3 Å². The first kappa shape index (κ1) is 10.4. The highest BCUT2D eigenvalue weighted by Gasteiger charge is 2.24. The highest BCUT2D eigenvalue weighted by atomic mass is 16.8. The molecule has 0 spiro atoms. The topological polar surface area (TPSA) is 61.6 Å². The van der Waals surface area contributed by atoms with Crippen molar-refractivity contribution in [2.75, 3.05) is 0 Å². The molecule has 4 nitrogen and oxygen atoms in total. The summed E-state index contributed by atoms with van der Waals surface area (Å²) < 4.78 is 4.78. The number of carbonyl (C=O) groups excluding carboxylic acids is 1. The van der Waals surface area contributed by atoms with Gasteiger partial charge >= 0.3 is 5.97 Å². The van der Waals surface area contributed by atoms with Crippen molar-refractivity contribution in [3.05, 3.63) is 0 Å². The Morgan fingerprint density at radius 1 is 1.45 bits per heavy atom. The SMILES string of the molecule is CC(ON)OC(=O)C(C)(C)C. The molecule has 0 rings (SSSR count). The molecule has 0 bridgehead atoms. The van der Waals surface area contributed by atoms with Gasteiger partial charge in [-0.3, -0.25) is 9.63 Å². The lowest BCUT2D eigenvalue weighted by Crippen LogP contribution is -2.29. The van der Waals surface area contributed by atoms with Crippen LogP contribution >= 0.6 is 0 Å². The molecule has 0 heterocycles. The Labute approximate surface area is 66.6 Å². The molecule has 0 aliphatic carbocycles. The molecule has 0 aromatic rings. The molecule has 0 aromatic carbocycles. The maximum absolute atomic E-state index is 11.1. The van der Waals surface area contributed by atoms with Gasteiger partial charge in [0.2, 0.25) is 6.29 Å². The summed E-state index contributed by atoms with van der Waals surface area (Å²) in [5, 5.41) is 0. The maximum atomic E-state index is 11.1. The third-order valence-corrected chi connectivity index (χ3v) is 1.08. The standard InChI is InChI=1S/C7H15NO3/c1-5(11-8)10-6(9)7(2,3)4/h5H,8H2,1-4H3. The second-order valence-electron chi connectivity index (χ2n) is 3.36. The fraction of sp³-hybridized carbons (Fsp3) is 0.857. The second kappa shape index (κ2) is 3.69. The predicted molar refractivity (Wildman–Crippen MR) is 40.3 cm³/mol. The van der Waals surface area contributed by atoms with Crippen LogP contribution in [0.2, 0.25) is 0 Å². The van der Waals surface area contributed by atoms with Gasteiger partial charge in [0.25, 0.3) is 0 Å². The summed E-state index contributed by atoms with van der Waals surface area (Å²) in [6.45, 7) is 6.85. The zero-order valence-electron chi connectivity index (χ0n) is 7.38. The quantitative estimate of drug-likeness (QED) is 0.370. The third kappa shape index (κ3) is 3.95. The van der Waals surface area contributed by atoms with E-state index in [9.17, 15) is 4.79 Å². The number of ether oxygens (including phenoxy) is 1. The van der Waals surface area contributed by atoms with Gasteiger partial charge in [0.05, 0.1) is 5.41 Å². The van der Waals surface area contributed by atoms with E-state index in [0.717, 1.165) is 0 Å². The smallest absolute Gasteiger partial charge is 0.313 e. The fourth-order valence-corrected chi connectivity index (χ4v) is 0.355. The highest BCUT2D eigenvalue weighted by Crippen LogP contribution is 2.15. The van der Waals surface area contributed by atoms with E-state index < -0.39 is 11.7 Å². The minimum Gasteiger partial charge on any atom is -0.434 e. The molecule has 0 saturated carbocycles. The average Bonchev–Trinajstić information content (AvgIpc) is 1.85. The normalized spacial score (nSPS) is 14.3. The molecule has 11 heavy (non-hydrogen) atoms. The molecular formula is C7H15NO3. The summed E-state index contributed by atoms with van der Waals surface area (Å²) in [7, 11) is 0. The number of rotatable bonds is 2. The molecule has 1 atom stereocenters. The molecule has 0 radical (unpaired) electrons. The molecule has 0 aliphatic rings. The van der Waals surface area contributed by atoms with Gasteiger partial charge in [-0.05, 0) is 27.7 Å².